The molecule has 27 nitrogen and oxygen atoms in total. The fourth-order valence-electron chi connectivity index (χ4n) is 6.13. The first-order chi connectivity index (χ1) is 29.5. The van der Waals surface area contributed by atoms with E-state index in [0.29, 0.717) is 48.0 Å². The van der Waals surface area contributed by atoms with Crippen molar-refractivity contribution in [2.24, 2.45) is 41.4 Å². The van der Waals surface area contributed by atoms with Crippen LogP contribution in [0.25, 0.3) is 0 Å². The van der Waals surface area contributed by atoms with Crippen molar-refractivity contribution in [1.29, 1.82) is 0 Å². The zero-order chi connectivity index (χ0) is 45.1. The summed E-state index contributed by atoms with van der Waals surface area (Å²) in [5.74, 6) is -8.06. The number of allylic oxidation sites excluding steroid dienone is 2. The molecule has 16 N–H and O–H groups in total. The molecule has 0 radical (unpaired) electrons. The molecule has 0 saturated carbocycles. The molecule has 0 saturated heterocycles. The summed E-state index contributed by atoms with van der Waals surface area (Å²) >= 11 is 0. The summed E-state index contributed by atoms with van der Waals surface area (Å²) in [4.78, 5) is 115. The normalized spacial score (nSPS) is 13.8. The fourth-order valence-corrected chi connectivity index (χ4v) is 6.13. The van der Waals surface area contributed by atoms with E-state index in [-0.39, 0.29) is 193 Å². The molecule has 2 aromatic carbocycles. The number of aliphatic carboxylic acids is 4. The van der Waals surface area contributed by atoms with Gasteiger partial charge in [0.1, 0.15) is 0 Å². The van der Waals surface area contributed by atoms with Gasteiger partial charge in [0.15, 0.2) is 11.7 Å². The maximum Gasteiger partial charge on any atom is 1.00 e. The number of nitrogens with two attached hydrogens (primary N) is 2. The van der Waals surface area contributed by atoms with Gasteiger partial charge in [-0.3, -0.25) is 19.2 Å². The predicted octanol–water partition coefficient (Wildman–Crippen LogP) is -20.8. The van der Waals surface area contributed by atoms with Crippen LogP contribution in [0, 0.1) is 0 Å². The zero-order valence-electron chi connectivity index (χ0n) is 38.8. The Bertz CT molecular complexity index is 2340. The van der Waals surface area contributed by atoms with Gasteiger partial charge in [0.05, 0.1) is 35.2 Å². The number of amidine groups is 2. The van der Waals surface area contributed by atoms with E-state index < -0.39 is 72.4 Å². The summed E-state index contributed by atoms with van der Waals surface area (Å²) in [7, 11) is 0. The van der Waals surface area contributed by atoms with E-state index in [4.69, 9.17) is 11.5 Å². The minimum absolute atomic E-state index is 0. The van der Waals surface area contributed by atoms with Crippen LogP contribution in [0.15, 0.2) is 101 Å². The third-order valence-electron chi connectivity index (χ3n) is 9.33. The number of rotatable bonds is 18. The number of hydrogen-bond donors (Lipinski definition) is 4. The van der Waals surface area contributed by atoms with Crippen molar-refractivity contribution in [3.63, 3.8) is 0 Å². The van der Waals surface area contributed by atoms with E-state index in [2.05, 4.69) is 40.6 Å². The summed E-state index contributed by atoms with van der Waals surface area (Å²) < 4.78 is 0. The van der Waals surface area contributed by atoms with Gasteiger partial charge in [0.2, 0.25) is 11.9 Å². The average Bonchev–Trinajstić information content (AvgIpc) is 3.83. The standard InChI is InChI=1S/2C20H19N5O6.4Na.5H2O/c2*21-20-24-16-15(18(29)25-20)12(9-22-16)6-3-10-1-4-11(5-2-10)17(28)23-13(19(30)31)7-8-14(26)27;;;;;;;;;/h2*1-2,4-5,9,13H,3,6-8H2,(H,23,28)(H,26,27)(H,30,31)(H2,21,25,29);;;;;5*1H2/q;;4*+1;;;;;/p-4/t2*13-;;;;;;;;;/m00........./s1. The molecule has 0 bridgehead atoms. The smallest absolute Gasteiger partial charge is 0.550 e. The molecule has 0 unspecified atom stereocenters. The van der Waals surface area contributed by atoms with Crippen LogP contribution in [-0.4, -0.2) is 123 Å². The number of guanidine groups is 2. The first-order valence-corrected chi connectivity index (χ1v) is 18.6. The largest absolute Gasteiger partial charge is 1.00 e. The average molecular weight is 1030 g/mol. The number of carbonyl (C=O) groups is 8. The molecule has 0 fully saturated rings. The molecule has 4 heterocycles. The summed E-state index contributed by atoms with van der Waals surface area (Å²) in [6, 6.07) is 9.93. The fraction of sp³-hybridized carbons (Fsp3) is 0.250. The molecule has 2 aromatic rings. The number of nitrogens with zero attached hydrogens (tertiary/aromatic N) is 6. The van der Waals surface area contributed by atoms with Gasteiger partial charge in [-0.25, -0.2) is 9.98 Å². The molecule has 0 aromatic heterocycles. The van der Waals surface area contributed by atoms with Gasteiger partial charge in [-0.1, -0.05) is 24.3 Å². The first-order valence-electron chi connectivity index (χ1n) is 18.6. The van der Waals surface area contributed by atoms with Crippen molar-refractivity contribution < 1.29 is 204 Å². The van der Waals surface area contributed by atoms with E-state index in [1.165, 1.54) is 24.3 Å². The van der Waals surface area contributed by atoms with Crippen LogP contribution < -0.4 is 161 Å². The van der Waals surface area contributed by atoms with Crippen molar-refractivity contribution in [3.8, 4) is 0 Å². The molecular weight excluding hydrogens is 984 g/mol. The number of benzene rings is 2. The molecule has 31 heteroatoms. The number of aliphatic imine (C=N–C) groups is 6. The van der Waals surface area contributed by atoms with Crippen LogP contribution in [0.3, 0.4) is 0 Å². The summed E-state index contributed by atoms with van der Waals surface area (Å²) in [6.45, 7) is 0. The number of carboxylic acid groups (broad SMARTS) is 4. The molecule has 6 rings (SSSR count). The molecular formula is C40H44N10Na4O17. The van der Waals surface area contributed by atoms with E-state index in [1.807, 2.05) is 0 Å². The van der Waals surface area contributed by atoms with Gasteiger partial charge in [0, 0.05) is 35.5 Å². The second-order valence-corrected chi connectivity index (χ2v) is 13.6. The van der Waals surface area contributed by atoms with Crippen molar-refractivity contribution in [3.05, 3.63) is 93.1 Å². The Morgan fingerprint density at radius 2 is 0.803 bits per heavy atom. The van der Waals surface area contributed by atoms with Crippen molar-refractivity contribution in [2.75, 3.05) is 0 Å². The van der Waals surface area contributed by atoms with E-state index in [9.17, 15) is 58.8 Å². The number of fused-ring (bicyclic) bond motifs is 2. The van der Waals surface area contributed by atoms with Gasteiger partial charge in [-0.05, 0) is 97.9 Å². The Hall–Kier alpha value is -4.50. The predicted molar refractivity (Wildman–Crippen MR) is 228 cm³/mol. The third kappa shape index (κ3) is 22.0. The molecule has 2 atom stereocenters. The zero-order valence-corrected chi connectivity index (χ0v) is 46.8. The number of carboxylic acids is 4. The van der Waals surface area contributed by atoms with Gasteiger partial charge in [-0.2, -0.15) is 20.0 Å². The summed E-state index contributed by atoms with van der Waals surface area (Å²) in [5.41, 5.74) is 15.1. The second-order valence-electron chi connectivity index (χ2n) is 13.6. The van der Waals surface area contributed by atoms with Crippen LogP contribution >= 0.6 is 0 Å². The quantitative estimate of drug-likeness (QED) is 0.101. The molecule has 4 aliphatic heterocycles. The molecule has 71 heavy (non-hydrogen) atoms. The monoisotopic (exact) mass is 1030 g/mol. The Balaban J connectivity index is -0.000000363. The van der Waals surface area contributed by atoms with E-state index >= 15 is 0 Å². The maximum atomic E-state index is 12.2. The maximum absolute atomic E-state index is 12.2. The van der Waals surface area contributed by atoms with E-state index in [0.717, 1.165) is 11.1 Å². The minimum atomic E-state index is -1.58. The van der Waals surface area contributed by atoms with Crippen LogP contribution in [0.4, 0.5) is 0 Å². The number of hydrogen-bond acceptors (Lipinski definition) is 18. The van der Waals surface area contributed by atoms with Crippen molar-refractivity contribution in [1.82, 2.24) is 10.6 Å². The van der Waals surface area contributed by atoms with Crippen LogP contribution in [0.5, 0.6) is 0 Å². The van der Waals surface area contributed by atoms with Crippen molar-refractivity contribution in [2.45, 2.75) is 63.5 Å². The Morgan fingerprint density at radius 1 is 0.493 bits per heavy atom. The Labute approximate surface area is 491 Å². The number of aryl methyl sites for hydroxylation is 2. The number of amides is 4. The molecule has 0 spiro atoms. The topological polar surface area (TPSA) is 537 Å². The van der Waals surface area contributed by atoms with Crippen molar-refractivity contribution >= 4 is 83.5 Å². The SMILES string of the molecule is NC1=NC(=O)C2=C(CCc3ccc(C(=O)N[C@@H](CCC(=O)[O-])C(=O)[O-])cc3)C=NC2=N1.NC1=NC(=O)C2=C(CCc3ccc(C(=O)N[C@@H](CCC(=O)[O-])C(=O)[O-])cc3)C=NC2=N1.O.O.O.O.O.[Na+].[Na+].[Na+].[Na+]. The van der Waals surface area contributed by atoms with Crippen LogP contribution in [-0.2, 0) is 41.6 Å². The summed E-state index contributed by atoms with van der Waals surface area (Å²) in [6.07, 6.45) is 3.43. The van der Waals surface area contributed by atoms with Gasteiger partial charge >= 0.3 is 118 Å². The van der Waals surface area contributed by atoms with Gasteiger partial charge < -0.3 is 89.1 Å². The van der Waals surface area contributed by atoms with Crippen LogP contribution in [0.1, 0.15) is 70.4 Å². The molecule has 4 aliphatic rings. The molecule has 4 amide bonds. The summed E-state index contributed by atoms with van der Waals surface area (Å²) in [5, 5.41) is 47.6. The Kier molecular flexibility index (Phi) is 37.8. The molecule has 360 valence electrons. The van der Waals surface area contributed by atoms with Gasteiger partial charge in [0.25, 0.3) is 23.6 Å². The second kappa shape index (κ2) is 35.6. The molecule has 0 aliphatic carbocycles. The van der Waals surface area contributed by atoms with E-state index in [1.54, 1.807) is 36.7 Å². The first kappa shape index (κ1) is 75.4. The third-order valence-corrected chi connectivity index (χ3v) is 9.33. The number of nitrogens with one attached hydrogen (secondary N) is 2. The minimum Gasteiger partial charge on any atom is -0.550 e. The number of carbonyl (C=O) groups excluding carboxylic acids is 8. The van der Waals surface area contributed by atoms with Gasteiger partial charge in [-0.15, -0.1) is 0 Å². The van der Waals surface area contributed by atoms with Crippen LogP contribution in [0.2, 0.25) is 0 Å². The Morgan fingerprint density at radius 3 is 1.08 bits per heavy atom.